The molecule has 21 heavy (non-hydrogen) atoms. The van der Waals surface area contributed by atoms with E-state index in [9.17, 15) is 9.18 Å². The van der Waals surface area contributed by atoms with Crippen molar-refractivity contribution in [2.45, 2.75) is 12.3 Å². The number of halogens is 1. The predicted molar refractivity (Wildman–Crippen MR) is 84.7 cm³/mol. The summed E-state index contributed by atoms with van der Waals surface area (Å²) in [6.07, 6.45) is 0. The van der Waals surface area contributed by atoms with Crippen molar-refractivity contribution < 1.29 is 9.18 Å². The number of anilines is 2. The zero-order valence-electron chi connectivity index (χ0n) is 11.5. The molecule has 1 amide bonds. The monoisotopic (exact) mass is 302 g/mol. The average molecular weight is 302 g/mol. The number of nitrogens with zero attached hydrogens (tertiary/aromatic N) is 1. The molecule has 2 aromatic carbocycles. The van der Waals surface area contributed by atoms with Gasteiger partial charge < -0.3 is 5.73 Å². The Morgan fingerprint density at radius 2 is 2.05 bits per heavy atom. The predicted octanol–water partition coefficient (Wildman–Crippen LogP) is 3.49. The largest absolute Gasteiger partial charge is 0.399 e. The number of amides is 1. The molecule has 1 heterocycles. The van der Waals surface area contributed by atoms with Crippen LogP contribution in [0.1, 0.15) is 16.5 Å². The topological polar surface area (TPSA) is 46.3 Å². The first-order chi connectivity index (χ1) is 10.1. The lowest BCUT2D eigenvalue weighted by atomic mass is 10.1. The fourth-order valence-electron chi connectivity index (χ4n) is 2.50. The highest BCUT2D eigenvalue weighted by Crippen LogP contribution is 2.43. The minimum absolute atomic E-state index is 0.0128. The molecule has 0 saturated carbocycles. The molecule has 108 valence electrons. The number of rotatable bonds is 2. The van der Waals surface area contributed by atoms with E-state index in [0.717, 1.165) is 5.56 Å². The quantitative estimate of drug-likeness (QED) is 0.864. The second-order valence-electron chi connectivity index (χ2n) is 4.98. The van der Waals surface area contributed by atoms with E-state index in [4.69, 9.17) is 5.73 Å². The van der Waals surface area contributed by atoms with Gasteiger partial charge in [-0.1, -0.05) is 18.2 Å². The Morgan fingerprint density at radius 3 is 2.81 bits per heavy atom. The summed E-state index contributed by atoms with van der Waals surface area (Å²) < 4.78 is 13.8. The summed E-state index contributed by atoms with van der Waals surface area (Å²) in [7, 11) is 0. The van der Waals surface area contributed by atoms with Gasteiger partial charge in [0.1, 0.15) is 11.2 Å². The molecule has 0 radical (unpaired) electrons. The number of thioether (sulfide) groups is 1. The summed E-state index contributed by atoms with van der Waals surface area (Å²) in [4.78, 5) is 13.9. The minimum atomic E-state index is -0.302. The van der Waals surface area contributed by atoms with Crippen molar-refractivity contribution in [2.75, 3.05) is 16.4 Å². The van der Waals surface area contributed by atoms with Crippen LogP contribution in [-0.4, -0.2) is 11.7 Å². The molecule has 2 N–H and O–H groups in total. The van der Waals surface area contributed by atoms with Gasteiger partial charge in [0.05, 0.1) is 11.4 Å². The van der Waals surface area contributed by atoms with E-state index in [2.05, 4.69) is 0 Å². The molecule has 1 aliphatic rings. The van der Waals surface area contributed by atoms with Crippen LogP contribution < -0.4 is 10.6 Å². The summed E-state index contributed by atoms with van der Waals surface area (Å²) >= 11 is 1.53. The molecular formula is C16H15FN2OS. The second-order valence-corrected chi connectivity index (χ2v) is 6.05. The van der Waals surface area contributed by atoms with E-state index in [1.807, 2.05) is 24.3 Å². The van der Waals surface area contributed by atoms with Crippen molar-refractivity contribution in [3.05, 3.63) is 59.4 Å². The lowest BCUT2D eigenvalue weighted by molar-refractivity contribution is -0.115. The fraction of sp³-hybridized carbons (Fsp3) is 0.188. The molecule has 1 aliphatic heterocycles. The van der Waals surface area contributed by atoms with Gasteiger partial charge >= 0.3 is 0 Å². The number of nitrogens with two attached hydrogens (primary N) is 1. The van der Waals surface area contributed by atoms with Crippen molar-refractivity contribution >= 4 is 29.0 Å². The van der Waals surface area contributed by atoms with Gasteiger partial charge in [0.25, 0.3) is 0 Å². The van der Waals surface area contributed by atoms with Crippen LogP contribution >= 0.6 is 11.8 Å². The maximum absolute atomic E-state index is 13.8. The second kappa shape index (κ2) is 5.41. The van der Waals surface area contributed by atoms with Crippen LogP contribution in [0, 0.1) is 12.7 Å². The van der Waals surface area contributed by atoms with Gasteiger partial charge in [0, 0.05) is 11.3 Å². The molecule has 0 aliphatic carbocycles. The number of hydrogen-bond donors (Lipinski definition) is 1. The van der Waals surface area contributed by atoms with E-state index in [1.165, 1.54) is 17.8 Å². The lowest BCUT2D eigenvalue weighted by Crippen LogP contribution is -2.28. The Balaban J connectivity index is 2.06. The van der Waals surface area contributed by atoms with Crippen LogP contribution in [0.15, 0.2) is 42.5 Å². The van der Waals surface area contributed by atoms with Crippen LogP contribution in [0.5, 0.6) is 0 Å². The van der Waals surface area contributed by atoms with Crippen molar-refractivity contribution in [2.24, 2.45) is 0 Å². The smallest absolute Gasteiger partial charge is 0.238 e. The van der Waals surface area contributed by atoms with E-state index in [0.29, 0.717) is 22.7 Å². The standard InChI is InChI=1S/C16H15FN2OS/c1-10-13(17)6-3-7-14(10)19-15(20)9-21-16(19)11-4-2-5-12(18)8-11/h2-8,16H,9,18H2,1H3/t16-/m1/s1. The fourth-order valence-corrected chi connectivity index (χ4v) is 3.66. The molecule has 3 nitrogen and oxygen atoms in total. The molecule has 1 saturated heterocycles. The Kier molecular flexibility index (Phi) is 3.59. The Labute approximate surface area is 126 Å². The van der Waals surface area contributed by atoms with E-state index < -0.39 is 0 Å². The highest BCUT2D eigenvalue weighted by Gasteiger charge is 2.35. The van der Waals surface area contributed by atoms with Gasteiger partial charge in [-0.2, -0.15) is 0 Å². The highest BCUT2D eigenvalue weighted by molar-refractivity contribution is 8.00. The third kappa shape index (κ3) is 2.49. The van der Waals surface area contributed by atoms with Crippen molar-refractivity contribution in [3.8, 4) is 0 Å². The Hall–Kier alpha value is -2.01. The highest BCUT2D eigenvalue weighted by atomic mass is 32.2. The third-order valence-electron chi connectivity index (χ3n) is 3.56. The van der Waals surface area contributed by atoms with Crippen LogP contribution in [0.25, 0.3) is 0 Å². The van der Waals surface area contributed by atoms with Crippen LogP contribution in [-0.2, 0) is 4.79 Å². The molecule has 0 bridgehead atoms. The number of nitrogen functional groups attached to an aromatic ring is 1. The normalized spacial score (nSPS) is 18.3. The van der Waals surface area contributed by atoms with Crippen LogP contribution in [0.4, 0.5) is 15.8 Å². The van der Waals surface area contributed by atoms with Gasteiger partial charge in [-0.05, 0) is 36.8 Å². The van der Waals surface area contributed by atoms with Crippen LogP contribution in [0.2, 0.25) is 0 Å². The van der Waals surface area contributed by atoms with Crippen molar-refractivity contribution in [3.63, 3.8) is 0 Å². The van der Waals surface area contributed by atoms with E-state index >= 15 is 0 Å². The molecule has 0 aromatic heterocycles. The van der Waals surface area contributed by atoms with E-state index in [-0.39, 0.29) is 17.1 Å². The molecular weight excluding hydrogens is 287 g/mol. The number of carbonyl (C=O) groups is 1. The van der Waals surface area contributed by atoms with Gasteiger partial charge in [-0.15, -0.1) is 11.8 Å². The molecule has 5 heteroatoms. The van der Waals surface area contributed by atoms with Crippen molar-refractivity contribution in [1.29, 1.82) is 0 Å². The summed E-state index contributed by atoms with van der Waals surface area (Å²) in [6, 6.07) is 12.3. The van der Waals surface area contributed by atoms with Gasteiger partial charge in [0.2, 0.25) is 5.91 Å². The summed E-state index contributed by atoms with van der Waals surface area (Å²) in [6.45, 7) is 1.69. The zero-order valence-corrected chi connectivity index (χ0v) is 12.4. The molecule has 0 spiro atoms. The summed E-state index contributed by atoms with van der Waals surface area (Å²) in [5, 5.41) is -0.165. The first kappa shape index (κ1) is 13.9. The maximum Gasteiger partial charge on any atom is 0.238 e. The van der Waals surface area contributed by atoms with Gasteiger partial charge in [-0.3, -0.25) is 9.69 Å². The zero-order chi connectivity index (χ0) is 15.0. The average Bonchev–Trinajstić information content (AvgIpc) is 2.84. The summed E-state index contributed by atoms with van der Waals surface area (Å²) in [5.41, 5.74) is 8.55. The number of benzene rings is 2. The Morgan fingerprint density at radius 1 is 1.29 bits per heavy atom. The van der Waals surface area contributed by atoms with Gasteiger partial charge in [0.15, 0.2) is 0 Å². The SMILES string of the molecule is Cc1c(F)cccc1N1C(=O)CS[C@@H]1c1cccc(N)c1. The third-order valence-corrected chi connectivity index (χ3v) is 4.77. The first-order valence-corrected chi connectivity index (χ1v) is 7.67. The van der Waals surface area contributed by atoms with Crippen LogP contribution in [0.3, 0.4) is 0 Å². The Bertz CT molecular complexity index is 704. The first-order valence-electron chi connectivity index (χ1n) is 6.62. The molecule has 1 atom stereocenters. The molecule has 2 aromatic rings. The lowest BCUT2D eigenvalue weighted by Gasteiger charge is -2.26. The number of hydrogen-bond acceptors (Lipinski definition) is 3. The minimum Gasteiger partial charge on any atom is -0.399 e. The van der Waals surface area contributed by atoms with E-state index in [1.54, 1.807) is 24.0 Å². The summed E-state index contributed by atoms with van der Waals surface area (Å²) in [5.74, 6) is 0.0692. The van der Waals surface area contributed by atoms with Gasteiger partial charge in [-0.25, -0.2) is 4.39 Å². The molecule has 0 unspecified atom stereocenters. The number of carbonyl (C=O) groups excluding carboxylic acids is 1. The maximum atomic E-state index is 13.8. The molecule has 3 rings (SSSR count). The molecule has 1 fully saturated rings. The van der Waals surface area contributed by atoms with Crippen molar-refractivity contribution in [1.82, 2.24) is 0 Å².